The number of rotatable bonds is 2. The molecule has 1 aromatic rings. The summed E-state index contributed by atoms with van der Waals surface area (Å²) in [6.07, 6.45) is -0.0455. The molecule has 2 rings (SSSR count). The van der Waals surface area contributed by atoms with Crippen LogP contribution in [0.4, 0.5) is 5.82 Å². The van der Waals surface area contributed by atoms with Gasteiger partial charge in [-0.15, -0.1) is 0 Å². The van der Waals surface area contributed by atoms with Crippen molar-refractivity contribution in [2.75, 3.05) is 32.0 Å². The predicted octanol–water partition coefficient (Wildman–Crippen LogP) is 0.760. The van der Waals surface area contributed by atoms with Gasteiger partial charge in [0.1, 0.15) is 11.9 Å². The van der Waals surface area contributed by atoms with Crippen molar-refractivity contribution in [3.63, 3.8) is 0 Å². The van der Waals surface area contributed by atoms with Gasteiger partial charge in [0.2, 0.25) is 0 Å². The molecular weight excluding hydrogens is 204 g/mol. The SMILES string of the molecule is CCN1CCOC(c2nc(C)cc(N)n2)C1. The van der Waals surface area contributed by atoms with Crippen LogP contribution in [-0.4, -0.2) is 41.1 Å². The third kappa shape index (κ3) is 2.48. The average molecular weight is 222 g/mol. The number of nitrogens with zero attached hydrogens (tertiary/aromatic N) is 3. The maximum Gasteiger partial charge on any atom is 0.161 e. The van der Waals surface area contributed by atoms with Crippen LogP contribution < -0.4 is 5.73 Å². The third-order valence-electron chi connectivity index (χ3n) is 2.78. The predicted molar refractivity (Wildman–Crippen MR) is 62.0 cm³/mol. The van der Waals surface area contributed by atoms with E-state index in [-0.39, 0.29) is 6.10 Å². The Kier molecular flexibility index (Phi) is 3.36. The molecule has 1 fully saturated rings. The minimum absolute atomic E-state index is 0.0455. The summed E-state index contributed by atoms with van der Waals surface area (Å²) in [6.45, 7) is 7.65. The fourth-order valence-electron chi connectivity index (χ4n) is 1.91. The lowest BCUT2D eigenvalue weighted by Crippen LogP contribution is -2.38. The van der Waals surface area contributed by atoms with E-state index in [0.29, 0.717) is 11.6 Å². The zero-order chi connectivity index (χ0) is 11.5. The second-order valence-corrected chi connectivity index (χ2v) is 4.05. The zero-order valence-corrected chi connectivity index (χ0v) is 9.81. The largest absolute Gasteiger partial charge is 0.384 e. The molecule has 2 heterocycles. The molecule has 0 spiro atoms. The van der Waals surface area contributed by atoms with Crippen molar-refractivity contribution >= 4 is 5.82 Å². The van der Waals surface area contributed by atoms with Gasteiger partial charge in [-0.2, -0.15) is 0 Å². The number of morpholine rings is 1. The molecule has 0 aromatic carbocycles. The van der Waals surface area contributed by atoms with Gasteiger partial charge in [0.25, 0.3) is 0 Å². The smallest absolute Gasteiger partial charge is 0.161 e. The van der Waals surface area contributed by atoms with Crippen LogP contribution in [0.3, 0.4) is 0 Å². The van der Waals surface area contributed by atoms with E-state index in [0.717, 1.165) is 31.9 Å². The van der Waals surface area contributed by atoms with Gasteiger partial charge in [-0.1, -0.05) is 6.92 Å². The molecule has 1 aliphatic rings. The number of ether oxygens (including phenoxy) is 1. The number of anilines is 1. The summed E-state index contributed by atoms with van der Waals surface area (Å²) in [7, 11) is 0. The molecule has 5 nitrogen and oxygen atoms in total. The summed E-state index contributed by atoms with van der Waals surface area (Å²) in [5.41, 5.74) is 6.60. The number of hydrogen-bond donors (Lipinski definition) is 1. The molecule has 0 amide bonds. The summed E-state index contributed by atoms with van der Waals surface area (Å²) in [5.74, 6) is 1.22. The third-order valence-corrected chi connectivity index (χ3v) is 2.78. The molecule has 0 saturated carbocycles. The Morgan fingerprint density at radius 2 is 2.38 bits per heavy atom. The summed E-state index contributed by atoms with van der Waals surface area (Å²) < 4.78 is 5.68. The Labute approximate surface area is 95.6 Å². The van der Waals surface area contributed by atoms with Crippen molar-refractivity contribution in [3.8, 4) is 0 Å². The molecule has 1 aromatic heterocycles. The van der Waals surface area contributed by atoms with Gasteiger partial charge < -0.3 is 10.5 Å². The average Bonchev–Trinajstić information content (AvgIpc) is 2.28. The zero-order valence-electron chi connectivity index (χ0n) is 9.81. The summed E-state index contributed by atoms with van der Waals surface area (Å²) in [5, 5.41) is 0. The molecule has 16 heavy (non-hydrogen) atoms. The molecule has 1 aliphatic heterocycles. The molecule has 1 saturated heterocycles. The van der Waals surface area contributed by atoms with Gasteiger partial charge >= 0.3 is 0 Å². The van der Waals surface area contributed by atoms with Crippen molar-refractivity contribution in [1.29, 1.82) is 0 Å². The van der Waals surface area contributed by atoms with Crippen LogP contribution in [0.5, 0.6) is 0 Å². The van der Waals surface area contributed by atoms with E-state index >= 15 is 0 Å². The molecular formula is C11H18N4O. The molecule has 1 atom stereocenters. The highest BCUT2D eigenvalue weighted by molar-refractivity contribution is 5.29. The van der Waals surface area contributed by atoms with Crippen LogP contribution in [0.1, 0.15) is 24.5 Å². The Bertz CT molecular complexity index is 349. The quantitative estimate of drug-likeness (QED) is 0.800. The van der Waals surface area contributed by atoms with Gasteiger partial charge in [0, 0.05) is 24.8 Å². The summed E-state index contributed by atoms with van der Waals surface area (Å²) in [6, 6.07) is 1.77. The van der Waals surface area contributed by atoms with Crippen molar-refractivity contribution in [2.24, 2.45) is 0 Å². The lowest BCUT2D eigenvalue weighted by Gasteiger charge is -2.31. The monoisotopic (exact) mass is 222 g/mol. The van der Waals surface area contributed by atoms with E-state index in [1.165, 1.54) is 0 Å². The molecule has 0 radical (unpaired) electrons. The molecule has 0 aliphatic carbocycles. The number of nitrogen functional groups attached to an aromatic ring is 1. The lowest BCUT2D eigenvalue weighted by molar-refractivity contribution is -0.0325. The minimum Gasteiger partial charge on any atom is -0.384 e. The van der Waals surface area contributed by atoms with Gasteiger partial charge in [-0.3, -0.25) is 4.90 Å². The molecule has 1 unspecified atom stereocenters. The van der Waals surface area contributed by atoms with E-state index < -0.39 is 0 Å². The maximum absolute atomic E-state index is 5.71. The van der Waals surface area contributed by atoms with Crippen molar-refractivity contribution in [3.05, 3.63) is 17.6 Å². The fourth-order valence-corrected chi connectivity index (χ4v) is 1.91. The minimum atomic E-state index is -0.0455. The van der Waals surface area contributed by atoms with Crippen LogP contribution in [0.2, 0.25) is 0 Å². The highest BCUT2D eigenvalue weighted by Gasteiger charge is 2.23. The van der Waals surface area contributed by atoms with Gasteiger partial charge in [-0.25, -0.2) is 9.97 Å². The van der Waals surface area contributed by atoms with Crippen LogP contribution in [-0.2, 0) is 4.74 Å². The number of aromatic nitrogens is 2. The van der Waals surface area contributed by atoms with Crippen molar-refractivity contribution < 1.29 is 4.74 Å². The van der Waals surface area contributed by atoms with Gasteiger partial charge in [-0.05, 0) is 13.5 Å². The van der Waals surface area contributed by atoms with Crippen molar-refractivity contribution in [2.45, 2.75) is 20.0 Å². The lowest BCUT2D eigenvalue weighted by atomic mass is 10.2. The number of likely N-dealkylation sites (N-methyl/N-ethyl adjacent to an activating group) is 1. The Morgan fingerprint density at radius 1 is 1.56 bits per heavy atom. The van der Waals surface area contributed by atoms with Crippen molar-refractivity contribution in [1.82, 2.24) is 14.9 Å². The topological polar surface area (TPSA) is 64.3 Å². The van der Waals surface area contributed by atoms with Crippen LogP contribution in [0.15, 0.2) is 6.07 Å². The highest BCUT2D eigenvalue weighted by Crippen LogP contribution is 2.19. The van der Waals surface area contributed by atoms with E-state index in [4.69, 9.17) is 10.5 Å². The first-order valence-electron chi connectivity index (χ1n) is 5.64. The van der Waals surface area contributed by atoms with Crippen LogP contribution in [0, 0.1) is 6.92 Å². The first-order chi connectivity index (χ1) is 7.69. The standard InChI is InChI=1S/C11H18N4O/c1-3-15-4-5-16-9(7-15)11-13-8(2)6-10(12)14-11/h6,9H,3-5,7H2,1-2H3,(H2,12,13,14). The van der Waals surface area contributed by atoms with E-state index in [1.807, 2.05) is 6.92 Å². The Balaban J connectivity index is 2.16. The second kappa shape index (κ2) is 4.76. The Hall–Kier alpha value is -1.20. The van der Waals surface area contributed by atoms with E-state index in [1.54, 1.807) is 6.07 Å². The Morgan fingerprint density at radius 3 is 3.06 bits per heavy atom. The first kappa shape index (κ1) is 11.3. The highest BCUT2D eigenvalue weighted by atomic mass is 16.5. The summed E-state index contributed by atoms with van der Waals surface area (Å²) >= 11 is 0. The number of aryl methyl sites for hydroxylation is 1. The summed E-state index contributed by atoms with van der Waals surface area (Å²) in [4.78, 5) is 11.0. The van der Waals surface area contributed by atoms with E-state index in [9.17, 15) is 0 Å². The van der Waals surface area contributed by atoms with Crippen LogP contribution >= 0.6 is 0 Å². The molecule has 2 N–H and O–H groups in total. The fraction of sp³-hybridized carbons (Fsp3) is 0.636. The van der Waals surface area contributed by atoms with Gasteiger partial charge in [0.05, 0.1) is 6.61 Å². The first-order valence-corrected chi connectivity index (χ1v) is 5.64. The second-order valence-electron chi connectivity index (χ2n) is 4.05. The number of nitrogens with two attached hydrogens (primary N) is 1. The molecule has 0 bridgehead atoms. The van der Waals surface area contributed by atoms with Gasteiger partial charge in [0.15, 0.2) is 5.82 Å². The maximum atomic E-state index is 5.71. The number of hydrogen-bond acceptors (Lipinski definition) is 5. The molecule has 5 heteroatoms. The molecule has 88 valence electrons. The van der Waals surface area contributed by atoms with Crippen LogP contribution in [0.25, 0.3) is 0 Å². The normalized spacial score (nSPS) is 22.2. The van der Waals surface area contributed by atoms with E-state index in [2.05, 4.69) is 21.8 Å².